The lowest BCUT2D eigenvalue weighted by Crippen LogP contribution is -2.30. The summed E-state index contributed by atoms with van der Waals surface area (Å²) in [6.45, 7) is 5.58. The van der Waals surface area contributed by atoms with Crippen molar-refractivity contribution >= 4 is 46.1 Å². The molecule has 0 spiro atoms. The summed E-state index contributed by atoms with van der Waals surface area (Å²) in [4.78, 5) is 28.7. The fourth-order valence-corrected chi connectivity index (χ4v) is 4.94. The van der Waals surface area contributed by atoms with Crippen molar-refractivity contribution in [2.75, 3.05) is 19.4 Å². The van der Waals surface area contributed by atoms with E-state index < -0.39 is 0 Å². The van der Waals surface area contributed by atoms with Crippen LogP contribution in [0.5, 0.6) is 5.75 Å². The standard InChI is InChI=1S/C22H24N8O2S3/c1-12-23-22(28-27-12)34-18-11-10-17(19(25-18)20(31)26-21-24-13(2)29-35-21)33-16-8-6-15(7-9-16)32-14(3)30(4)5/h6-11,14H,1-5H3,(H,23,27,28)(H,24,26,29,31). The molecule has 2 N–H and O–H groups in total. The Morgan fingerprint density at radius 2 is 1.86 bits per heavy atom. The van der Waals surface area contributed by atoms with E-state index in [0.29, 0.717) is 31.9 Å². The molecular weight excluding hydrogens is 504 g/mol. The van der Waals surface area contributed by atoms with Crippen molar-refractivity contribution in [2.24, 2.45) is 0 Å². The summed E-state index contributed by atoms with van der Waals surface area (Å²) in [5.41, 5.74) is 0.283. The van der Waals surface area contributed by atoms with Crippen LogP contribution in [0.4, 0.5) is 5.13 Å². The molecule has 1 aromatic carbocycles. The van der Waals surface area contributed by atoms with Crippen LogP contribution in [0.3, 0.4) is 0 Å². The van der Waals surface area contributed by atoms with Gasteiger partial charge in [0.1, 0.15) is 34.3 Å². The van der Waals surface area contributed by atoms with E-state index >= 15 is 0 Å². The summed E-state index contributed by atoms with van der Waals surface area (Å²) < 4.78 is 10.0. The Hall–Kier alpha value is -3.00. The van der Waals surface area contributed by atoms with Gasteiger partial charge in [0.15, 0.2) is 5.16 Å². The molecule has 4 rings (SSSR count). The third-order valence-corrected chi connectivity index (χ3v) is 7.25. The number of pyridine rings is 1. The number of hydrogen-bond acceptors (Lipinski definition) is 11. The third kappa shape index (κ3) is 6.78. The highest BCUT2D eigenvalue weighted by molar-refractivity contribution is 7.99. The first-order chi connectivity index (χ1) is 16.8. The maximum absolute atomic E-state index is 13.2. The lowest BCUT2D eigenvalue weighted by atomic mass is 10.3. The maximum atomic E-state index is 13.2. The zero-order valence-electron chi connectivity index (χ0n) is 19.8. The summed E-state index contributed by atoms with van der Waals surface area (Å²) in [5, 5.41) is 12.5. The van der Waals surface area contributed by atoms with Crippen LogP contribution in [0.2, 0.25) is 0 Å². The van der Waals surface area contributed by atoms with Crippen LogP contribution in [0.25, 0.3) is 0 Å². The van der Waals surface area contributed by atoms with Gasteiger partial charge in [0.2, 0.25) is 5.13 Å². The average molecular weight is 529 g/mol. The molecule has 0 saturated heterocycles. The van der Waals surface area contributed by atoms with Crippen LogP contribution < -0.4 is 10.1 Å². The van der Waals surface area contributed by atoms with Gasteiger partial charge in [0.25, 0.3) is 5.91 Å². The highest BCUT2D eigenvalue weighted by atomic mass is 32.2. The van der Waals surface area contributed by atoms with Crippen LogP contribution in [0.1, 0.15) is 29.1 Å². The van der Waals surface area contributed by atoms with Crippen molar-refractivity contribution in [2.45, 2.75) is 47.0 Å². The van der Waals surface area contributed by atoms with Crippen molar-refractivity contribution in [3.8, 4) is 5.75 Å². The van der Waals surface area contributed by atoms with E-state index in [0.717, 1.165) is 22.2 Å². The number of carbonyl (C=O) groups excluding carboxylic acids is 1. The minimum Gasteiger partial charge on any atom is -0.475 e. The average Bonchev–Trinajstić information content (AvgIpc) is 3.43. The van der Waals surface area contributed by atoms with Gasteiger partial charge in [-0.05, 0) is 83.0 Å². The number of amides is 1. The molecule has 3 heterocycles. The summed E-state index contributed by atoms with van der Waals surface area (Å²) in [6, 6.07) is 11.5. The molecule has 35 heavy (non-hydrogen) atoms. The molecule has 0 aliphatic rings. The van der Waals surface area contributed by atoms with E-state index in [1.54, 1.807) is 6.92 Å². The van der Waals surface area contributed by atoms with Crippen molar-refractivity contribution in [3.05, 3.63) is 53.7 Å². The predicted octanol–water partition coefficient (Wildman–Crippen LogP) is 4.51. The number of H-pyrrole nitrogens is 1. The van der Waals surface area contributed by atoms with Gasteiger partial charge in [-0.2, -0.15) is 4.37 Å². The Morgan fingerprint density at radius 3 is 2.49 bits per heavy atom. The van der Waals surface area contributed by atoms with Gasteiger partial charge >= 0.3 is 0 Å². The van der Waals surface area contributed by atoms with Gasteiger partial charge in [-0.15, -0.1) is 10.2 Å². The van der Waals surface area contributed by atoms with Crippen LogP contribution in [0.15, 0.2) is 56.4 Å². The number of carbonyl (C=O) groups is 1. The van der Waals surface area contributed by atoms with Crippen molar-refractivity contribution in [1.29, 1.82) is 0 Å². The van der Waals surface area contributed by atoms with E-state index in [1.165, 1.54) is 23.5 Å². The highest BCUT2D eigenvalue weighted by Gasteiger charge is 2.19. The lowest BCUT2D eigenvalue weighted by Gasteiger charge is -2.21. The van der Waals surface area contributed by atoms with Crippen LogP contribution in [0, 0.1) is 13.8 Å². The Balaban J connectivity index is 1.57. The minimum absolute atomic E-state index is 0.0461. The number of anilines is 1. The molecule has 0 aliphatic carbocycles. The van der Waals surface area contributed by atoms with E-state index in [-0.39, 0.29) is 17.8 Å². The molecule has 10 nitrogen and oxygen atoms in total. The molecule has 4 aromatic rings. The summed E-state index contributed by atoms with van der Waals surface area (Å²) in [7, 11) is 3.92. The monoisotopic (exact) mass is 528 g/mol. The first-order valence-electron chi connectivity index (χ1n) is 10.6. The van der Waals surface area contributed by atoms with Gasteiger partial charge in [-0.3, -0.25) is 15.0 Å². The molecule has 0 fully saturated rings. The Labute approximate surface area is 215 Å². The van der Waals surface area contributed by atoms with Crippen molar-refractivity contribution in [3.63, 3.8) is 0 Å². The number of aromatic amines is 1. The highest BCUT2D eigenvalue weighted by Crippen LogP contribution is 2.34. The lowest BCUT2D eigenvalue weighted by molar-refractivity contribution is 0.0815. The molecule has 0 aliphatic heterocycles. The summed E-state index contributed by atoms with van der Waals surface area (Å²) in [5.74, 6) is 1.72. The quantitative estimate of drug-likeness (QED) is 0.300. The second kappa shape index (κ2) is 11.2. The molecular formula is C22H24N8O2S3. The first-order valence-corrected chi connectivity index (χ1v) is 13.0. The molecule has 1 unspecified atom stereocenters. The number of nitrogens with one attached hydrogen (secondary N) is 2. The van der Waals surface area contributed by atoms with E-state index in [2.05, 4.69) is 34.8 Å². The van der Waals surface area contributed by atoms with Crippen LogP contribution >= 0.6 is 35.1 Å². The summed E-state index contributed by atoms with van der Waals surface area (Å²) >= 11 is 3.87. The maximum Gasteiger partial charge on any atom is 0.277 e. The van der Waals surface area contributed by atoms with Gasteiger partial charge in [0, 0.05) is 21.3 Å². The first kappa shape index (κ1) is 25.1. The zero-order chi connectivity index (χ0) is 24.9. The Morgan fingerprint density at radius 1 is 1.09 bits per heavy atom. The van der Waals surface area contributed by atoms with E-state index in [9.17, 15) is 4.79 Å². The third-order valence-electron chi connectivity index (χ3n) is 4.66. The topological polar surface area (TPSA) is 122 Å². The predicted molar refractivity (Wildman–Crippen MR) is 136 cm³/mol. The van der Waals surface area contributed by atoms with E-state index in [4.69, 9.17) is 4.74 Å². The second-order valence-electron chi connectivity index (χ2n) is 7.67. The number of rotatable bonds is 9. The number of hydrogen-bond donors (Lipinski definition) is 2. The van der Waals surface area contributed by atoms with Crippen LogP contribution in [-0.2, 0) is 0 Å². The Kier molecular flexibility index (Phi) is 8.00. The molecule has 182 valence electrons. The van der Waals surface area contributed by atoms with Gasteiger partial charge < -0.3 is 9.72 Å². The Bertz CT molecular complexity index is 1310. The molecule has 13 heteroatoms. The van der Waals surface area contributed by atoms with E-state index in [1.807, 2.05) is 69.2 Å². The number of benzene rings is 1. The van der Waals surface area contributed by atoms with Crippen molar-refractivity contribution < 1.29 is 9.53 Å². The fraction of sp³-hybridized carbons (Fsp3) is 0.273. The summed E-state index contributed by atoms with van der Waals surface area (Å²) in [6.07, 6.45) is -0.0461. The molecule has 3 aromatic heterocycles. The normalized spacial score (nSPS) is 12.1. The van der Waals surface area contributed by atoms with Crippen molar-refractivity contribution in [1.82, 2.24) is 34.4 Å². The van der Waals surface area contributed by atoms with Gasteiger partial charge in [-0.1, -0.05) is 11.8 Å². The zero-order valence-corrected chi connectivity index (χ0v) is 22.2. The smallest absolute Gasteiger partial charge is 0.277 e. The fourth-order valence-electron chi connectivity index (χ4n) is 2.72. The number of nitrogens with zero attached hydrogens (tertiary/aromatic N) is 6. The molecule has 0 bridgehead atoms. The largest absolute Gasteiger partial charge is 0.475 e. The molecule has 1 amide bonds. The number of aromatic nitrogens is 6. The second-order valence-corrected chi connectivity index (χ2v) is 10.5. The number of aryl methyl sites for hydroxylation is 2. The minimum atomic E-state index is -0.361. The van der Waals surface area contributed by atoms with Crippen LogP contribution in [-0.4, -0.2) is 60.7 Å². The van der Waals surface area contributed by atoms with Gasteiger partial charge in [0.05, 0.1) is 0 Å². The SMILES string of the molecule is Cc1nsc(NC(=O)c2nc(Sc3nnc(C)[nH]3)ccc2Sc2ccc(OC(C)N(C)C)cc2)n1. The van der Waals surface area contributed by atoms with Gasteiger partial charge in [-0.25, -0.2) is 9.97 Å². The number of ether oxygens (including phenoxy) is 1. The molecule has 0 radical (unpaired) electrons. The molecule has 0 saturated carbocycles. The molecule has 1 atom stereocenters.